The van der Waals surface area contributed by atoms with Crippen LogP contribution in [0.1, 0.15) is 5.56 Å². The molecule has 5 heteroatoms. The number of hydrogen-bond acceptors (Lipinski definition) is 3. The van der Waals surface area contributed by atoms with Crippen molar-refractivity contribution in [2.45, 2.75) is 0 Å². The normalized spacial score (nSPS) is 9.94. The van der Waals surface area contributed by atoms with Crippen LogP contribution in [-0.2, 0) is 0 Å². The lowest BCUT2D eigenvalue weighted by molar-refractivity contribution is 0.479. The van der Waals surface area contributed by atoms with Gasteiger partial charge < -0.3 is 10.5 Å². The molecule has 0 saturated carbocycles. The van der Waals surface area contributed by atoms with E-state index in [0.717, 1.165) is 4.47 Å². The van der Waals surface area contributed by atoms with Gasteiger partial charge in [0.1, 0.15) is 17.3 Å². The van der Waals surface area contributed by atoms with Crippen molar-refractivity contribution in [2.24, 2.45) is 5.73 Å². The van der Waals surface area contributed by atoms with Crippen molar-refractivity contribution in [3.05, 3.63) is 52.8 Å². The van der Waals surface area contributed by atoms with Crippen molar-refractivity contribution in [3.63, 3.8) is 0 Å². The molecule has 17 heavy (non-hydrogen) atoms. The monoisotopic (exact) mass is 291 g/mol. The highest BCUT2D eigenvalue weighted by molar-refractivity contribution is 9.10. The summed E-state index contributed by atoms with van der Waals surface area (Å²) in [6.45, 7) is 0. The number of aromatic nitrogens is 1. The van der Waals surface area contributed by atoms with Gasteiger partial charge in [0.2, 0.25) is 0 Å². The summed E-state index contributed by atoms with van der Waals surface area (Å²) in [6, 6.07) is 8.90. The van der Waals surface area contributed by atoms with E-state index in [1.165, 1.54) is 0 Å². The summed E-state index contributed by atoms with van der Waals surface area (Å²) in [5, 5.41) is 7.50. The first-order valence-corrected chi connectivity index (χ1v) is 5.68. The van der Waals surface area contributed by atoms with E-state index < -0.39 is 0 Å². The molecule has 1 aromatic heterocycles. The highest BCUT2D eigenvalue weighted by Crippen LogP contribution is 2.27. The molecule has 0 radical (unpaired) electrons. The molecule has 0 spiro atoms. The van der Waals surface area contributed by atoms with E-state index in [-0.39, 0.29) is 5.84 Å². The van der Waals surface area contributed by atoms with Crippen LogP contribution < -0.4 is 10.5 Å². The molecule has 2 rings (SSSR count). The Hall–Kier alpha value is -1.88. The summed E-state index contributed by atoms with van der Waals surface area (Å²) in [6.07, 6.45) is 3.27. The molecule has 0 saturated heterocycles. The number of pyridine rings is 1. The van der Waals surface area contributed by atoms with Gasteiger partial charge in [-0.3, -0.25) is 10.4 Å². The van der Waals surface area contributed by atoms with Gasteiger partial charge in [0.25, 0.3) is 0 Å². The van der Waals surface area contributed by atoms with E-state index in [0.29, 0.717) is 17.1 Å². The van der Waals surface area contributed by atoms with Gasteiger partial charge >= 0.3 is 0 Å². The molecule has 2 aromatic rings. The second-order valence-electron chi connectivity index (χ2n) is 3.34. The molecule has 0 aliphatic carbocycles. The van der Waals surface area contributed by atoms with Crippen LogP contribution >= 0.6 is 15.9 Å². The molecule has 1 heterocycles. The fourth-order valence-electron chi connectivity index (χ4n) is 1.34. The van der Waals surface area contributed by atoms with E-state index in [2.05, 4.69) is 20.9 Å². The predicted molar refractivity (Wildman–Crippen MR) is 69.5 cm³/mol. The number of nitrogen functional groups attached to an aromatic ring is 1. The Bertz CT molecular complexity index is 543. The van der Waals surface area contributed by atoms with Gasteiger partial charge in [-0.1, -0.05) is 15.9 Å². The van der Waals surface area contributed by atoms with Gasteiger partial charge in [-0.05, 0) is 30.3 Å². The molecule has 4 nitrogen and oxygen atoms in total. The van der Waals surface area contributed by atoms with E-state index in [9.17, 15) is 0 Å². The first kappa shape index (κ1) is 11.6. The lowest BCUT2D eigenvalue weighted by Gasteiger charge is -2.10. The number of benzene rings is 1. The molecule has 0 amide bonds. The van der Waals surface area contributed by atoms with Gasteiger partial charge in [0.05, 0.1) is 11.8 Å². The Balaban J connectivity index is 2.36. The van der Waals surface area contributed by atoms with Crippen molar-refractivity contribution in [2.75, 3.05) is 0 Å². The molecular weight excluding hydrogens is 282 g/mol. The standard InChI is InChI=1S/C12H10BrN3O/c13-8-3-4-11(10(6-8)12(14)15)17-9-2-1-5-16-7-9/h1-7H,(H3,14,15). The van der Waals surface area contributed by atoms with Crippen LogP contribution in [0.15, 0.2) is 47.2 Å². The van der Waals surface area contributed by atoms with Crippen LogP contribution in [0.4, 0.5) is 0 Å². The molecule has 0 aliphatic heterocycles. The zero-order valence-corrected chi connectivity index (χ0v) is 10.4. The highest BCUT2D eigenvalue weighted by atomic mass is 79.9. The average Bonchev–Trinajstić information content (AvgIpc) is 2.32. The molecule has 0 aliphatic rings. The number of ether oxygens (including phenoxy) is 1. The number of nitrogens with zero attached hydrogens (tertiary/aromatic N) is 1. The lowest BCUT2D eigenvalue weighted by atomic mass is 10.2. The van der Waals surface area contributed by atoms with Crippen LogP contribution in [0.3, 0.4) is 0 Å². The quantitative estimate of drug-likeness (QED) is 0.675. The number of nitrogens with two attached hydrogens (primary N) is 1. The second kappa shape index (κ2) is 4.97. The van der Waals surface area contributed by atoms with Crippen LogP contribution in [0.25, 0.3) is 0 Å². The number of amidine groups is 1. The fourth-order valence-corrected chi connectivity index (χ4v) is 1.70. The van der Waals surface area contributed by atoms with Gasteiger partial charge in [-0.25, -0.2) is 0 Å². The maximum Gasteiger partial charge on any atom is 0.145 e. The van der Waals surface area contributed by atoms with E-state index in [1.54, 1.807) is 36.7 Å². The Morgan fingerprint density at radius 1 is 1.35 bits per heavy atom. The van der Waals surface area contributed by atoms with Crippen molar-refractivity contribution < 1.29 is 4.74 Å². The summed E-state index contributed by atoms with van der Waals surface area (Å²) < 4.78 is 6.47. The minimum atomic E-state index is -0.0369. The Morgan fingerprint density at radius 3 is 2.82 bits per heavy atom. The first-order valence-electron chi connectivity index (χ1n) is 4.88. The number of hydrogen-bond donors (Lipinski definition) is 2. The van der Waals surface area contributed by atoms with Crippen molar-refractivity contribution in [3.8, 4) is 11.5 Å². The molecule has 3 N–H and O–H groups in total. The van der Waals surface area contributed by atoms with Crippen LogP contribution in [0.5, 0.6) is 11.5 Å². The molecule has 0 bridgehead atoms. The second-order valence-corrected chi connectivity index (χ2v) is 4.26. The summed E-state index contributed by atoms with van der Waals surface area (Å²) in [7, 11) is 0. The molecule has 0 atom stereocenters. The van der Waals surface area contributed by atoms with Crippen LogP contribution in [0, 0.1) is 5.41 Å². The number of rotatable bonds is 3. The first-order chi connectivity index (χ1) is 8.16. The molecule has 0 fully saturated rings. The Morgan fingerprint density at radius 2 is 2.18 bits per heavy atom. The lowest BCUT2D eigenvalue weighted by Crippen LogP contribution is -2.12. The Kier molecular flexibility index (Phi) is 3.39. The van der Waals surface area contributed by atoms with Gasteiger partial charge in [-0.2, -0.15) is 0 Å². The predicted octanol–water partition coefficient (Wildman–Crippen LogP) is 2.92. The Labute approximate surface area is 107 Å². The van der Waals surface area contributed by atoms with Crippen molar-refractivity contribution in [1.29, 1.82) is 5.41 Å². The van der Waals surface area contributed by atoms with E-state index >= 15 is 0 Å². The zero-order valence-electron chi connectivity index (χ0n) is 8.85. The molecule has 86 valence electrons. The summed E-state index contributed by atoms with van der Waals surface area (Å²) in [5.41, 5.74) is 6.05. The molecule has 0 unspecified atom stereocenters. The summed E-state index contributed by atoms with van der Waals surface area (Å²) in [4.78, 5) is 3.95. The van der Waals surface area contributed by atoms with Gasteiger partial charge in [0, 0.05) is 10.7 Å². The largest absolute Gasteiger partial charge is 0.455 e. The van der Waals surface area contributed by atoms with Gasteiger partial charge in [0.15, 0.2) is 0 Å². The number of halogens is 1. The minimum Gasteiger partial charge on any atom is -0.455 e. The average molecular weight is 292 g/mol. The summed E-state index contributed by atoms with van der Waals surface area (Å²) in [5.74, 6) is 1.11. The SMILES string of the molecule is N=C(N)c1cc(Br)ccc1Oc1cccnc1. The maximum atomic E-state index is 7.50. The van der Waals surface area contributed by atoms with Crippen LogP contribution in [-0.4, -0.2) is 10.8 Å². The minimum absolute atomic E-state index is 0.0369. The maximum absolute atomic E-state index is 7.50. The van der Waals surface area contributed by atoms with Crippen molar-refractivity contribution >= 4 is 21.8 Å². The van der Waals surface area contributed by atoms with E-state index in [4.69, 9.17) is 15.9 Å². The summed E-state index contributed by atoms with van der Waals surface area (Å²) >= 11 is 3.33. The third-order valence-corrected chi connectivity index (χ3v) is 2.59. The third kappa shape index (κ3) is 2.82. The molecular formula is C12H10BrN3O. The topological polar surface area (TPSA) is 72.0 Å². The third-order valence-electron chi connectivity index (χ3n) is 2.09. The van der Waals surface area contributed by atoms with Gasteiger partial charge in [-0.15, -0.1) is 0 Å². The highest BCUT2D eigenvalue weighted by Gasteiger charge is 2.08. The fraction of sp³-hybridized carbons (Fsp3) is 0. The zero-order chi connectivity index (χ0) is 12.3. The van der Waals surface area contributed by atoms with E-state index in [1.807, 2.05) is 6.07 Å². The van der Waals surface area contributed by atoms with Crippen molar-refractivity contribution in [1.82, 2.24) is 4.98 Å². The number of nitrogens with one attached hydrogen (secondary N) is 1. The smallest absolute Gasteiger partial charge is 0.145 e. The molecule has 1 aromatic carbocycles. The van der Waals surface area contributed by atoms with Crippen LogP contribution in [0.2, 0.25) is 0 Å².